The molecule has 0 aliphatic heterocycles. The lowest BCUT2D eigenvalue weighted by atomic mass is 9.95. The van der Waals surface area contributed by atoms with Crippen LogP contribution in [0.3, 0.4) is 0 Å². The van der Waals surface area contributed by atoms with Crippen LogP contribution in [0.1, 0.15) is 52.4 Å². The van der Waals surface area contributed by atoms with E-state index < -0.39 is 5.60 Å². The minimum atomic E-state index is -0.761. The molecule has 1 aliphatic rings. The summed E-state index contributed by atoms with van der Waals surface area (Å²) < 4.78 is 5.56. The van der Waals surface area contributed by atoms with Crippen molar-refractivity contribution in [1.29, 1.82) is 0 Å². The predicted octanol–water partition coefficient (Wildman–Crippen LogP) is 3.68. The standard InChI is InChI=1S/C18H28N2O3/c1-14(2)23-16-9-7-15(8-10-16)20-17(21)19-13-18(22)11-5-3-4-6-12-18/h7-10,14,22H,3-6,11-13H2,1-2H3,(H2,19,20,21). The van der Waals surface area contributed by atoms with E-state index in [4.69, 9.17) is 4.74 Å². The van der Waals surface area contributed by atoms with Crippen molar-refractivity contribution in [2.24, 2.45) is 0 Å². The molecule has 3 N–H and O–H groups in total. The Labute approximate surface area is 138 Å². The summed E-state index contributed by atoms with van der Waals surface area (Å²) in [5.74, 6) is 0.777. The van der Waals surface area contributed by atoms with Gasteiger partial charge in [0.05, 0.1) is 11.7 Å². The fourth-order valence-corrected chi connectivity index (χ4v) is 2.87. The van der Waals surface area contributed by atoms with Crippen LogP contribution in [-0.4, -0.2) is 29.4 Å². The van der Waals surface area contributed by atoms with Gasteiger partial charge in [0.2, 0.25) is 0 Å². The molecule has 23 heavy (non-hydrogen) atoms. The normalized spacial score (nSPS) is 17.4. The summed E-state index contributed by atoms with van der Waals surface area (Å²) in [4.78, 5) is 12.0. The Bertz CT molecular complexity index is 491. The molecule has 0 unspecified atom stereocenters. The van der Waals surface area contributed by atoms with Crippen molar-refractivity contribution in [3.8, 4) is 5.75 Å². The minimum absolute atomic E-state index is 0.123. The SMILES string of the molecule is CC(C)Oc1ccc(NC(=O)NCC2(O)CCCCCC2)cc1. The molecule has 128 valence electrons. The maximum atomic E-state index is 12.0. The number of nitrogens with one attached hydrogen (secondary N) is 2. The Morgan fingerprint density at radius 2 is 1.78 bits per heavy atom. The van der Waals surface area contributed by atoms with Crippen molar-refractivity contribution in [3.05, 3.63) is 24.3 Å². The van der Waals surface area contributed by atoms with Crippen molar-refractivity contribution in [2.75, 3.05) is 11.9 Å². The molecule has 1 aromatic rings. The summed E-state index contributed by atoms with van der Waals surface area (Å²) in [6.07, 6.45) is 6.02. The second-order valence-electron chi connectivity index (χ2n) is 6.64. The smallest absolute Gasteiger partial charge is 0.319 e. The third kappa shape index (κ3) is 6.10. The van der Waals surface area contributed by atoms with Crippen LogP contribution in [0.5, 0.6) is 5.75 Å². The van der Waals surface area contributed by atoms with E-state index in [1.54, 1.807) is 12.1 Å². The zero-order valence-electron chi connectivity index (χ0n) is 14.1. The van der Waals surface area contributed by atoms with Crippen molar-refractivity contribution in [2.45, 2.75) is 64.1 Å². The van der Waals surface area contributed by atoms with Gasteiger partial charge in [0.15, 0.2) is 0 Å². The van der Waals surface area contributed by atoms with E-state index in [0.29, 0.717) is 12.2 Å². The number of carbonyl (C=O) groups excluding carboxylic acids is 1. The number of hydrogen-bond donors (Lipinski definition) is 3. The lowest BCUT2D eigenvalue weighted by Crippen LogP contribution is -2.44. The second kappa shape index (κ2) is 8.20. The Balaban J connectivity index is 1.80. The molecule has 5 heteroatoms. The molecular formula is C18H28N2O3. The van der Waals surface area contributed by atoms with E-state index >= 15 is 0 Å². The molecule has 0 radical (unpaired) electrons. The Hall–Kier alpha value is -1.75. The van der Waals surface area contributed by atoms with E-state index in [1.807, 2.05) is 26.0 Å². The number of hydrogen-bond acceptors (Lipinski definition) is 3. The molecule has 0 spiro atoms. The second-order valence-corrected chi connectivity index (χ2v) is 6.64. The zero-order valence-corrected chi connectivity index (χ0v) is 14.1. The van der Waals surface area contributed by atoms with Gasteiger partial charge in [-0.1, -0.05) is 25.7 Å². The topological polar surface area (TPSA) is 70.6 Å². The summed E-state index contributed by atoms with van der Waals surface area (Å²) in [7, 11) is 0. The van der Waals surface area contributed by atoms with Gasteiger partial charge in [0.25, 0.3) is 0 Å². The quantitative estimate of drug-likeness (QED) is 0.725. The number of carbonyl (C=O) groups is 1. The third-order valence-corrected chi connectivity index (χ3v) is 4.10. The fourth-order valence-electron chi connectivity index (χ4n) is 2.87. The van der Waals surface area contributed by atoms with Crippen LogP contribution in [0.4, 0.5) is 10.5 Å². The Morgan fingerprint density at radius 1 is 1.17 bits per heavy atom. The average molecular weight is 320 g/mol. The highest BCUT2D eigenvalue weighted by atomic mass is 16.5. The number of anilines is 1. The average Bonchev–Trinajstić information content (AvgIpc) is 2.72. The third-order valence-electron chi connectivity index (χ3n) is 4.10. The first kappa shape index (κ1) is 17.6. The van der Waals surface area contributed by atoms with Crippen LogP contribution in [0.15, 0.2) is 24.3 Å². The Kier molecular flexibility index (Phi) is 6.28. The Morgan fingerprint density at radius 3 is 2.35 bits per heavy atom. The van der Waals surface area contributed by atoms with Crippen LogP contribution < -0.4 is 15.4 Å². The van der Waals surface area contributed by atoms with Crippen LogP contribution in [0.25, 0.3) is 0 Å². The highest BCUT2D eigenvalue weighted by molar-refractivity contribution is 5.89. The molecule has 0 saturated heterocycles. The summed E-state index contributed by atoms with van der Waals surface area (Å²) in [6.45, 7) is 4.24. The van der Waals surface area contributed by atoms with Gasteiger partial charge >= 0.3 is 6.03 Å². The molecule has 1 aliphatic carbocycles. The van der Waals surface area contributed by atoms with Gasteiger partial charge in [-0.2, -0.15) is 0 Å². The molecule has 1 fully saturated rings. The molecular weight excluding hydrogens is 292 g/mol. The number of aliphatic hydroxyl groups is 1. The van der Waals surface area contributed by atoms with Crippen molar-refractivity contribution in [1.82, 2.24) is 5.32 Å². The highest BCUT2D eigenvalue weighted by Gasteiger charge is 2.28. The molecule has 0 atom stereocenters. The highest BCUT2D eigenvalue weighted by Crippen LogP contribution is 2.26. The maximum absolute atomic E-state index is 12.0. The lowest BCUT2D eigenvalue weighted by Gasteiger charge is -2.26. The first-order valence-corrected chi connectivity index (χ1v) is 8.51. The van der Waals surface area contributed by atoms with Gasteiger partial charge in [-0.05, 0) is 51.0 Å². The first-order chi connectivity index (χ1) is 11.0. The van der Waals surface area contributed by atoms with Crippen LogP contribution in [-0.2, 0) is 0 Å². The van der Waals surface area contributed by atoms with Crippen molar-refractivity contribution in [3.63, 3.8) is 0 Å². The summed E-state index contributed by atoms with van der Waals surface area (Å²) in [5, 5.41) is 16.1. The first-order valence-electron chi connectivity index (χ1n) is 8.51. The summed E-state index contributed by atoms with van der Waals surface area (Å²) >= 11 is 0. The number of amides is 2. The van der Waals surface area contributed by atoms with Crippen LogP contribution >= 0.6 is 0 Å². The molecule has 2 rings (SSSR count). The number of urea groups is 1. The van der Waals surface area contributed by atoms with Gasteiger partial charge in [0, 0.05) is 12.2 Å². The number of benzene rings is 1. The molecule has 0 aromatic heterocycles. The molecule has 1 aromatic carbocycles. The van der Waals surface area contributed by atoms with Crippen molar-refractivity contribution >= 4 is 11.7 Å². The summed E-state index contributed by atoms with van der Waals surface area (Å²) in [5.41, 5.74) is -0.0607. The van der Waals surface area contributed by atoms with Crippen molar-refractivity contribution < 1.29 is 14.6 Å². The predicted molar refractivity (Wildman–Crippen MR) is 91.9 cm³/mol. The van der Waals surface area contributed by atoms with E-state index in [0.717, 1.165) is 31.4 Å². The van der Waals surface area contributed by atoms with Gasteiger partial charge in [-0.3, -0.25) is 0 Å². The van der Waals surface area contributed by atoms with Gasteiger partial charge in [-0.15, -0.1) is 0 Å². The zero-order chi connectivity index (χ0) is 16.7. The lowest BCUT2D eigenvalue weighted by molar-refractivity contribution is 0.0281. The monoisotopic (exact) mass is 320 g/mol. The largest absolute Gasteiger partial charge is 0.491 e. The van der Waals surface area contributed by atoms with Gasteiger partial charge in [-0.25, -0.2) is 4.79 Å². The number of ether oxygens (including phenoxy) is 1. The van der Waals surface area contributed by atoms with Crippen LogP contribution in [0, 0.1) is 0 Å². The molecule has 1 saturated carbocycles. The minimum Gasteiger partial charge on any atom is -0.491 e. The van der Waals surface area contributed by atoms with Crippen LogP contribution in [0.2, 0.25) is 0 Å². The van der Waals surface area contributed by atoms with E-state index in [9.17, 15) is 9.90 Å². The fraction of sp³-hybridized carbons (Fsp3) is 0.611. The van der Waals surface area contributed by atoms with Gasteiger partial charge in [0.1, 0.15) is 5.75 Å². The molecule has 5 nitrogen and oxygen atoms in total. The van der Waals surface area contributed by atoms with E-state index in [2.05, 4.69) is 10.6 Å². The summed E-state index contributed by atoms with van der Waals surface area (Å²) in [6, 6.07) is 6.97. The molecule has 0 heterocycles. The van der Waals surface area contributed by atoms with E-state index in [1.165, 1.54) is 12.8 Å². The van der Waals surface area contributed by atoms with E-state index in [-0.39, 0.29) is 12.1 Å². The van der Waals surface area contributed by atoms with Gasteiger partial charge < -0.3 is 20.5 Å². The molecule has 2 amide bonds. The maximum Gasteiger partial charge on any atom is 0.319 e. The molecule has 0 bridgehead atoms. The number of rotatable bonds is 5.